The molecule has 0 aromatic heterocycles. The van der Waals surface area contributed by atoms with Crippen LogP contribution in [0.5, 0.6) is 11.5 Å². The number of carbonyl (C=O) groups excluding carboxylic acids is 1. The van der Waals surface area contributed by atoms with Gasteiger partial charge in [0, 0.05) is 5.56 Å². The third-order valence-corrected chi connectivity index (χ3v) is 2.77. The van der Waals surface area contributed by atoms with Gasteiger partial charge in [-0.25, -0.2) is 0 Å². The minimum absolute atomic E-state index is 0.0684. The van der Waals surface area contributed by atoms with Gasteiger partial charge in [0.15, 0.2) is 5.78 Å². The van der Waals surface area contributed by atoms with Gasteiger partial charge in [0.05, 0.1) is 6.61 Å². The minimum Gasteiger partial charge on any atom is -0.508 e. The van der Waals surface area contributed by atoms with Crippen molar-refractivity contribution in [3.05, 3.63) is 65.7 Å². The van der Waals surface area contributed by atoms with Gasteiger partial charge in [0.1, 0.15) is 11.5 Å². The van der Waals surface area contributed by atoms with E-state index in [1.807, 2.05) is 6.92 Å². The lowest BCUT2D eigenvalue weighted by Crippen LogP contribution is -1.95. The summed E-state index contributed by atoms with van der Waals surface area (Å²) in [6, 6.07) is 13.7. The molecule has 0 saturated carbocycles. The minimum atomic E-state index is -0.0684. The fraction of sp³-hybridized carbons (Fsp3) is 0.118. The number of ketones is 1. The van der Waals surface area contributed by atoms with Crippen LogP contribution in [0.1, 0.15) is 22.8 Å². The summed E-state index contributed by atoms with van der Waals surface area (Å²) in [6.45, 7) is 2.52. The Kier molecular flexibility index (Phi) is 4.56. The first-order valence-electron chi connectivity index (χ1n) is 6.43. The second-order valence-corrected chi connectivity index (χ2v) is 4.25. The molecule has 0 amide bonds. The van der Waals surface area contributed by atoms with E-state index in [1.165, 1.54) is 6.08 Å². The van der Waals surface area contributed by atoms with E-state index in [-0.39, 0.29) is 11.5 Å². The molecule has 20 heavy (non-hydrogen) atoms. The van der Waals surface area contributed by atoms with Gasteiger partial charge in [-0.1, -0.05) is 18.2 Å². The van der Waals surface area contributed by atoms with E-state index >= 15 is 0 Å². The average molecular weight is 268 g/mol. The molecule has 0 radical (unpaired) electrons. The number of phenolic OH excluding ortho intramolecular Hbond substituents is 1. The molecule has 0 unspecified atom stereocenters. The maximum absolute atomic E-state index is 12.0. The normalized spacial score (nSPS) is 10.7. The van der Waals surface area contributed by atoms with Crippen molar-refractivity contribution in [3.8, 4) is 11.5 Å². The highest BCUT2D eigenvalue weighted by Gasteiger charge is 2.02. The Balaban J connectivity index is 2.05. The molecule has 0 fully saturated rings. The fourth-order valence-corrected chi connectivity index (χ4v) is 1.74. The molecule has 0 atom stereocenters. The molecule has 2 rings (SSSR count). The predicted octanol–water partition coefficient (Wildman–Crippen LogP) is 3.69. The van der Waals surface area contributed by atoms with Crippen molar-refractivity contribution in [3.63, 3.8) is 0 Å². The van der Waals surface area contributed by atoms with Gasteiger partial charge >= 0.3 is 0 Å². The molecule has 3 heteroatoms. The van der Waals surface area contributed by atoms with Crippen molar-refractivity contribution in [1.82, 2.24) is 0 Å². The molecule has 3 nitrogen and oxygen atoms in total. The molecule has 0 aliphatic rings. The fourth-order valence-electron chi connectivity index (χ4n) is 1.74. The highest BCUT2D eigenvalue weighted by atomic mass is 16.5. The number of hydrogen-bond acceptors (Lipinski definition) is 3. The summed E-state index contributed by atoms with van der Waals surface area (Å²) in [5, 5.41) is 9.18. The highest BCUT2D eigenvalue weighted by molar-refractivity contribution is 6.06. The molecule has 0 aliphatic heterocycles. The van der Waals surface area contributed by atoms with Gasteiger partial charge in [0.2, 0.25) is 0 Å². The number of hydrogen-bond donors (Lipinski definition) is 1. The van der Waals surface area contributed by atoms with E-state index in [0.29, 0.717) is 12.2 Å². The van der Waals surface area contributed by atoms with Gasteiger partial charge in [-0.2, -0.15) is 0 Å². The Labute approximate surface area is 118 Å². The van der Waals surface area contributed by atoms with Crippen LogP contribution in [-0.2, 0) is 0 Å². The number of benzene rings is 2. The molecule has 0 aliphatic carbocycles. The van der Waals surface area contributed by atoms with Crippen LogP contribution >= 0.6 is 0 Å². The van der Waals surface area contributed by atoms with E-state index in [9.17, 15) is 9.90 Å². The highest BCUT2D eigenvalue weighted by Crippen LogP contribution is 2.14. The van der Waals surface area contributed by atoms with E-state index in [1.54, 1.807) is 54.6 Å². The van der Waals surface area contributed by atoms with E-state index < -0.39 is 0 Å². The van der Waals surface area contributed by atoms with Crippen LogP contribution < -0.4 is 4.74 Å². The van der Waals surface area contributed by atoms with Crippen LogP contribution in [-0.4, -0.2) is 17.5 Å². The lowest BCUT2D eigenvalue weighted by Gasteiger charge is -2.02. The zero-order valence-electron chi connectivity index (χ0n) is 11.2. The number of allylic oxidation sites excluding steroid dienone is 1. The maximum atomic E-state index is 12.0. The van der Waals surface area contributed by atoms with Crippen molar-refractivity contribution < 1.29 is 14.6 Å². The average Bonchev–Trinajstić information content (AvgIpc) is 2.47. The SMILES string of the molecule is CCOc1ccc(C(=O)C=Cc2ccc(O)cc2)cc1. The smallest absolute Gasteiger partial charge is 0.185 e. The second-order valence-electron chi connectivity index (χ2n) is 4.25. The van der Waals surface area contributed by atoms with Gasteiger partial charge in [-0.3, -0.25) is 4.79 Å². The molecule has 2 aromatic carbocycles. The molecule has 0 spiro atoms. The first kappa shape index (κ1) is 13.9. The number of rotatable bonds is 5. The third kappa shape index (κ3) is 3.72. The topological polar surface area (TPSA) is 46.5 Å². The third-order valence-electron chi connectivity index (χ3n) is 2.77. The van der Waals surface area contributed by atoms with Crippen molar-refractivity contribution in [1.29, 1.82) is 0 Å². The lowest BCUT2D eigenvalue weighted by molar-refractivity contribution is 0.104. The quantitative estimate of drug-likeness (QED) is 0.664. The van der Waals surface area contributed by atoms with E-state index in [2.05, 4.69) is 0 Å². The second kappa shape index (κ2) is 6.57. The van der Waals surface area contributed by atoms with Gasteiger partial charge in [0.25, 0.3) is 0 Å². The Morgan fingerprint density at radius 2 is 1.75 bits per heavy atom. The van der Waals surface area contributed by atoms with Crippen molar-refractivity contribution >= 4 is 11.9 Å². The molecule has 0 bridgehead atoms. The summed E-state index contributed by atoms with van der Waals surface area (Å²) in [4.78, 5) is 12.0. The first-order chi connectivity index (χ1) is 9.69. The molecular weight excluding hydrogens is 252 g/mol. The molecule has 2 aromatic rings. The molecule has 0 saturated heterocycles. The van der Waals surface area contributed by atoms with Crippen LogP contribution in [0.2, 0.25) is 0 Å². The number of ether oxygens (including phenoxy) is 1. The van der Waals surface area contributed by atoms with Crippen LogP contribution in [0.4, 0.5) is 0 Å². The molecule has 102 valence electrons. The van der Waals surface area contributed by atoms with Gasteiger partial charge in [-0.15, -0.1) is 0 Å². The lowest BCUT2D eigenvalue weighted by atomic mass is 10.1. The summed E-state index contributed by atoms with van der Waals surface area (Å²) in [5.74, 6) is 0.896. The number of carbonyl (C=O) groups is 1. The number of aromatic hydroxyl groups is 1. The Morgan fingerprint density at radius 1 is 1.10 bits per heavy atom. The first-order valence-corrected chi connectivity index (χ1v) is 6.43. The van der Waals surface area contributed by atoms with Crippen molar-refractivity contribution in [2.45, 2.75) is 6.92 Å². The van der Waals surface area contributed by atoms with Crippen LogP contribution in [0.3, 0.4) is 0 Å². The van der Waals surface area contributed by atoms with Crippen molar-refractivity contribution in [2.75, 3.05) is 6.61 Å². The summed E-state index contributed by atoms with van der Waals surface area (Å²) in [7, 11) is 0. The zero-order chi connectivity index (χ0) is 14.4. The van der Waals surface area contributed by atoms with E-state index in [4.69, 9.17) is 4.74 Å². The Morgan fingerprint density at radius 3 is 2.35 bits per heavy atom. The van der Waals surface area contributed by atoms with Crippen LogP contribution in [0, 0.1) is 0 Å². The van der Waals surface area contributed by atoms with Crippen LogP contribution in [0.25, 0.3) is 6.08 Å². The summed E-state index contributed by atoms with van der Waals surface area (Å²) in [6.07, 6.45) is 3.24. The molecular formula is C17H16O3. The standard InChI is InChI=1S/C17H16O3/c1-2-20-16-10-6-14(7-11-16)17(19)12-5-13-3-8-15(18)9-4-13/h3-12,18H,2H2,1H3. The summed E-state index contributed by atoms with van der Waals surface area (Å²) >= 11 is 0. The predicted molar refractivity (Wildman–Crippen MR) is 79.1 cm³/mol. The Hall–Kier alpha value is -2.55. The van der Waals surface area contributed by atoms with Gasteiger partial charge < -0.3 is 9.84 Å². The summed E-state index contributed by atoms with van der Waals surface area (Å²) in [5.41, 5.74) is 1.48. The van der Waals surface area contributed by atoms with Crippen LogP contribution in [0.15, 0.2) is 54.6 Å². The maximum Gasteiger partial charge on any atom is 0.185 e. The molecule has 1 N–H and O–H groups in total. The van der Waals surface area contributed by atoms with Gasteiger partial charge in [-0.05, 0) is 55.0 Å². The largest absolute Gasteiger partial charge is 0.508 e. The Bertz CT molecular complexity index is 595. The monoisotopic (exact) mass is 268 g/mol. The molecule has 0 heterocycles. The van der Waals surface area contributed by atoms with E-state index in [0.717, 1.165) is 11.3 Å². The van der Waals surface area contributed by atoms with Crippen molar-refractivity contribution in [2.24, 2.45) is 0 Å². The zero-order valence-corrected chi connectivity index (χ0v) is 11.2. The summed E-state index contributed by atoms with van der Waals surface area (Å²) < 4.78 is 5.33. The number of phenols is 1.